The van der Waals surface area contributed by atoms with Gasteiger partial charge in [0, 0.05) is 6.08 Å². The third-order valence-corrected chi connectivity index (χ3v) is 3.09. The van der Waals surface area contributed by atoms with Gasteiger partial charge in [-0.2, -0.15) is 0 Å². The number of hydrogen-bond donors (Lipinski definition) is 0. The summed E-state index contributed by atoms with van der Waals surface area (Å²) in [5, 5.41) is 0. The van der Waals surface area contributed by atoms with E-state index in [0.29, 0.717) is 11.3 Å². The van der Waals surface area contributed by atoms with Gasteiger partial charge in [-0.3, -0.25) is 0 Å². The first kappa shape index (κ1) is 11.3. The molecule has 0 saturated heterocycles. The normalized spacial score (nSPS) is 28.9. The summed E-state index contributed by atoms with van der Waals surface area (Å²) in [6.45, 7) is 6.77. The lowest BCUT2D eigenvalue weighted by Crippen LogP contribution is -2.23. The molecule has 1 unspecified atom stereocenters. The van der Waals surface area contributed by atoms with E-state index in [4.69, 9.17) is 0 Å². The SMILES string of the molecule is COC(=O)/C=C1/CCC(C)(C)CC1C. The Labute approximate surface area is 86.3 Å². The molecule has 0 radical (unpaired) electrons. The number of allylic oxidation sites excluding steroid dienone is 1. The van der Waals surface area contributed by atoms with Gasteiger partial charge in [0.25, 0.3) is 0 Å². The van der Waals surface area contributed by atoms with Crippen molar-refractivity contribution in [2.45, 2.75) is 40.0 Å². The molecule has 0 N–H and O–H groups in total. The van der Waals surface area contributed by atoms with E-state index in [1.165, 1.54) is 19.1 Å². The highest BCUT2D eigenvalue weighted by atomic mass is 16.5. The first-order valence-electron chi connectivity index (χ1n) is 5.23. The summed E-state index contributed by atoms with van der Waals surface area (Å²) >= 11 is 0. The van der Waals surface area contributed by atoms with E-state index in [-0.39, 0.29) is 5.97 Å². The zero-order valence-electron chi connectivity index (χ0n) is 9.59. The van der Waals surface area contributed by atoms with Gasteiger partial charge in [-0.1, -0.05) is 26.3 Å². The third kappa shape index (κ3) is 2.86. The van der Waals surface area contributed by atoms with E-state index in [1.807, 2.05) is 0 Å². The van der Waals surface area contributed by atoms with Gasteiger partial charge in [0.15, 0.2) is 0 Å². The molecule has 0 spiro atoms. The van der Waals surface area contributed by atoms with Crippen LogP contribution in [0.2, 0.25) is 0 Å². The van der Waals surface area contributed by atoms with Crippen molar-refractivity contribution in [2.24, 2.45) is 11.3 Å². The molecule has 0 aromatic carbocycles. The fraction of sp³-hybridized carbons (Fsp3) is 0.750. The zero-order chi connectivity index (χ0) is 10.8. The van der Waals surface area contributed by atoms with E-state index in [2.05, 4.69) is 25.5 Å². The van der Waals surface area contributed by atoms with Crippen LogP contribution in [0.5, 0.6) is 0 Å². The van der Waals surface area contributed by atoms with Crippen LogP contribution in [0.25, 0.3) is 0 Å². The monoisotopic (exact) mass is 196 g/mol. The Morgan fingerprint density at radius 1 is 1.57 bits per heavy atom. The van der Waals surface area contributed by atoms with Crippen LogP contribution in [0.15, 0.2) is 11.6 Å². The van der Waals surface area contributed by atoms with E-state index in [1.54, 1.807) is 6.08 Å². The van der Waals surface area contributed by atoms with Crippen molar-refractivity contribution in [1.29, 1.82) is 0 Å². The fourth-order valence-corrected chi connectivity index (χ4v) is 2.22. The number of esters is 1. The van der Waals surface area contributed by atoms with Gasteiger partial charge in [0.2, 0.25) is 0 Å². The Bertz CT molecular complexity index is 251. The largest absolute Gasteiger partial charge is 0.466 e. The van der Waals surface area contributed by atoms with Crippen LogP contribution in [0.4, 0.5) is 0 Å². The number of carbonyl (C=O) groups is 1. The number of methoxy groups -OCH3 is 1. The van der Waals surface area contributed by atoms with Crippen molar-refractivity contribution in [1.82, 2.24) is 0 Å². The smallest absolute Gasteiger partial charge is 0.330 e. The summed E-state index contributed by atoms with van der Waals surface area (Å²) in [6, 6.07) is 0. The molecular formula is C12H20O2. The summed E-state index contributed by atoms with van der Waals surface area (Å²) < 4.78 is 4.64. The molecule has 0 bridgehead atoms. The Morgan fingerprint density at radius 2 is 2.21 bits per heavy atom. The quantitative estimate of drug-likeness (QED) is 0.476. The maximum atomic E-state index is 11.1. The minimum Gasteiger partial charge on any atom is -0.466 e. The van der Waals surface area contributed by atoms with Gasteiger partial charge in [-0.05, 0) is 30.6 Å². The second-order valence-electron chi connectivity index (χ2n) is 5.01. The van der Waals surface area contributed by atoms with Crippen molar-refractivity contribution in [3.05, 3.63) is 11.6 Å². The van der Waals surface area contributed by atoms with Gasteiger partial charge in [-0.15, -0.1) is 0 Å². The average molecular weight is 196 g/mol. The molecule has 14 heavy (non-hydrogen) atoms. The van der Waals surface area contributed by atoms with Crippen LogP contribution in [0.1, 0.15) is 40.0 Å². The summed E-state index contributed by atoms with van der Waals surface area (Å²) in [6.07, 6.45) is 5.03. The standard InChI is InChI=1S/C12H20O2/c1-9-8-12(2,3)6-5-10(9)7-11(13)14-4/h7,9H,5-6,8H2,1-4H3/b10-7-. The van der Waals surface area contributed by atoms with Crippen molar-refractivity contribution in [2.75, 3.05) is 7.11 Å². The molecule has 1 saturated carbocycles. The summed E-state index contributed by atoms with van der Waals surface area (Å²) in [4.78, 5) is 11.1. The van der Waals surface area contributed by atoms with Crippen LogP contribution >= 0.6 is 0 Å². The van der Waals surface area contributed by atoms with Crippen molar-refractivity contribution >= 4 is 5.97 Å². The lowest BCUT2D eigenvalue weighted by molar-refractivity contribution is -0.134. The Balaban J connectivity index is 2.67. The van der Waals surface area contributed by atoms with Crippen LogP contribution in [-0.4, -0.2) is 13.1 Å². The van der Waals surface area contributed by atoms with Crippen LogP contribution < -0.4 is 0 Å². The van der Waals surface area contributed by atoms with Gasteiger partial charge < -0.3 is 4.74 Å². The molecule has 0 amide bonds. The van der Waals surface area contributed by atoms with Crippen molar-refractivity contribution < 1.29 is 9.53 Å². The number of hydrogen-bond acceptors (Lipinski definition) is 2. The molecule has 1 atom stereocenters. The van der Waals surface area contributed by atoms with Gasteiger partial charge in [0.05, 0.1) is 7.11 Å². The van der Waals surface area contributed by atoms with Crippen molar-refractivity contribution in [3.63, 3.8) is 0 Å². The molecule has 2 nitrogen and oxygen atoms in total. The Kier molecular flexibility index (Phi) is 3.35. The molecule has 2 heteroatoms. The predicted molar refractivity (Wildman–Crippen MR) is 56.9 cm³/mol. The molecular weight excluding hydrogens is 176 g/mol. The Morgan fingerprint density at radius 3 is 2.71 bits per heavy atom. The molecule has 0 heterocycles. The minimum absolute atomic E-state index is 0.216. The second kappa shape index (κ2) is 4.16. The van der Waals surface area contributed by atoms with E-state index in [0.717, 1.165) is 12.8 Å². The zero-order valence-corrected chi connectivity index (χ0v) is 9.59. The lowest BCUT2D eigenvalue weighted by Gasteiger charge is -2.35. The maximum absolute atomic E-state index is 11.1. The number of carbonyl (C=O) groups excluding carboxylic acids is 1. The molecule has 0 aromatic rings. The Hall–Kier alpha value is -0.790. The van der Waals surface area contributed by atoms with Crippen LogP contribution in [-0.2, 0) is 9.53 Å². The van der Waals surface area contributed by atoms with Crippen molar-refractivity contribution in [3.8, 4) is 0 Å². The summed E-state index contributed by atoms with van der Waals surface area (Å²) in [5.41, 5.74) is 1.67. The van der Waals surface area contributed by atoms with Gasteiger partial charge in [-0.25, -0.2) is 4.79 Å². The first-order chi connectivity index (χ1) is 6.44. The highest BCUT2D eigenvalue weighted by molar-refractivity contribution is 5.82. The highest BCUT2D eigenvalue weighted by Gasteiger charge is 2.28. The average Bonchev–Trinajstić information content (AvgIpc) is 2.09. The predicted octanol–water partition coefficient (Wildman–Crippen LogP) is 2.93. The molecule has 1 rings (SSSR count). The lowest BCUT2D eigenvalue weighted by atomic mass is 9.70. The summed E-state index contributed by atoms with van der Waals surface area (Å²) in [5.74, 6) is 0.296. The fourth-order valence-electron chi connectivity index (χ4n) is 2.22. The minimum atomic E-state index is -0.216. The molecule has 0 aromatic heterocycles. The van der Waals surface area contributed by atoms with Crippen LogP contribution in [0, 0.1) is 11.3 Å². The van der Waals surface area contributed by atoms with E-state index in [9.17, 15) is 4.79 Å². The summed E-state index contributed by atoms with van der Waals surface area (Å²) in [7, 11) is 1.43. The van der Waals surface area contributed by atoms with E-state index < -0.39 is 0 Å². The second-order valence-corrected chi connectivity index (χ2v) is 5.01. The highest BCUT2D eigenvalue weighted by Crippen LogP contribution is 2.41. The first-order valence-corrected chi connectivity index (χ1v) is 5.23. The molecule has 80 valence electrons. The maximum Gasteiger partial charge on any atom is 0.330 e. The molecule has 1 fully saturated rings. The number of rotatable bonds is 1. The van der Waals surface area contributed by atoms with Gasteiger partial charge in [0.1, 0.15) is 0 Å². The van der Waals surface area contributed by atoms with Crippen LogP contribution in [0.3, 0.4) is 0 Å². The van der Waals surface area contributed by atoms with E-state index >= 15 is 0 Å². The topological polar surface area (TPSA) is 26.3 Å². The number of ether oxygens (including phenoxy) is 1. The van der Waals surface area contributed by atoms with Gasteiger partial charge >= 0.3 is 5.97 Å². The third-order valence-electron chi connectivity index (χ3n) is 3.09. The molecule has 1 aliphatic rings. The molecule has 0 aliphatic heterocycles. The molecule has 1 aliphatic carbocycles.